The Bertz CT molecular complexity index is 342. The monoisotopic (exact) mass is 252 g/mol. The Labute approximate surface area is 109 Å². The van der Waals surface area contributed by atoms with E-state index in [2.05, 4.69) is 19.2 Å². The molecule has 0 spiro atoms. The van der Waals surface area contributed by atoms with Crippen molar-refractivity contribution in [3.05, 3.63) is 0 Å². The summed E-state index contributed by atoms with van der Waals surface area (Å²) in [5.41, 5.74) is 0.408. The summed E-state index contributed by atoms with van der Waals surface area (Å²) in [7, 11) is 0. The number of hydrogen-bond acceptors (Lipinski definition) is 2. The molecule has 1 atom stereocenters. The quantitative estimate of drug-likeness (QED) is 0.772. The molecule has 0 aromatic rings. The topological polar surface area (TPSA) is 49.4 Å². The van der Waals surface area contributed by atoms with Gasteiger partial charge in [-0.05, 0) is 38.0 Å². The summed E-state index contributed by atoms with van der Waals surface area (Å²) in [6, 6.07) is -0.0318. The van der Waals surface area contributed by atoms with Crippen molar-refractivity contribution in [2.75, 3.05) is 6.54 Å². The Kier molecular flexibility index (Phi) is 3.64. The van der Waals surface area contributed by atoms with Crippen LogP contribution in [-0.2, 0) is 9.59 Å². The smallest absolute Gasteiger partial charge is 0.245 e. The SMILES string of the molecule is CC1NC(=O)CCN(C2CCC(C)(C)CC2)C1=O. The zero-order valence-electron chi connectivity index (χ0n) is 11.7. The molecule has 2 fully saturated rings. The average Bonchev–Trinajstić information content (AvgIpc) is 2.41. The van der Waals surface area contributed by atoms with E-state index in [9.17, 15) is 9.59 Å². The summed E-state index contributed by atoms with van der Waals surface area (Å²) in [6.45, 7) is 6.95. The molecule has 1 saturated heterocycles. The Morgan fingerprint density at radius 1 is 1.22 bits per heavy atom. The van der Waals surface area contributed by atoms with Gasteiger partial charge >= 0.3 is 0 Å². The molecular formula is C14H24N2O2. The van der Waals surface area contributed by atoms with Crippen LogP contribution < -0.4 is 5.32 Å². The van der Waals surface area contributed by atoms with E-state index >= 15 is 0 Å². The van der Waals surface area contributed by atoms with E-state index in [1.807, 2.05) is 4.90 Å². The van der Waals surface area contributed by atoms with E-state index in [1.165, 1.54) is 0 Å². The van der Waals surface area contributed by atoms with Gasteiger partial charge in [-0.25, -0.2) is 0 Å². The zero-order chi connectivity index (χ0) is 13.3. The molecule has 2 rings (SSSR count). The molecule has 0 bridgehead atoms. The van der Waals surface area contributed by atoms with Crippen molar-refractivity contribution in [2.24, 2.45) is 5.41 Å². The number of rotatable bonds is 1. The van der Waals surface area contributed by atoms with Gasteiger partial charge in [0, 0.05) is 19.0 Å². The summed E-state index contributed by atoms with van der Waals surface area (Å²) in [4.78, 5) is 25.7. The predicted octanol–water partition coefficient (Wildman–Crippen LogP) is 1.69. The summed E-state index contributed by atoms with van der Waals surface area (Å²) in [5, 5.41) is 2.75. The lowest BCUT2D eigenvalue weighted by molar-refractivity contribution is -0.136. The molecule has 1 heterocycles. The Morgan fingerprint density at radius 3 is 2.44 bits per heavy atom. The fraction of sp³-hybridized carbons (Fsp3) is 0.857. The highest BCUT2D eigenvalue weighted by molar-refractivity contribution is 5.89. The molecule has 0 radical (unpaired) electrons. The van der Waals surface area contributed by atoms with Crippen LogP contribution in [0.1, 0.15) is 52.9 Å². The molecule has 1 aliphatic heterocycles. The molecule has 4 heteroatoms. The van der Waals surface area contributed by atoms with Gasteiger partial charge in [-0.1, -0.05) is 13.8 Å². The number of carbonyl (C=O) groups is 2. The molecule has 0 aromatic heterocycles. The van der Waals surface area contributed by atoms with Gasteiger partial charge in [0.25, 0.3) is 0 Å². The molecule has 0 aromatic carbocycles. The summed E-state index contributed by atoms with van der Waals surface area (Å²) in [6.07, 6.45) is 4.91. The highest BCUT2D eigenvalue weighted by atomic mass is 16.2. The maximum absolute atomic E-state index is 12.3. The number of amides is 2. The molecule has 2 amide bonds. The first kappa shape index (κ1) is 13.4. The van der Waals surface area contributed by atoms with Gasteiger partial charge in [0.05, 0.1) is 0 Å². The molecule has 1 saturated carbocycles. The zero-order valence-corrected chi connectivity index (χ0v) is 11.7. The number of carbonyl (C=O) groups excluding carboxylic acids is 2. The van der Waals surface area contributed by atoms with Crippen molar-refractivity contribution in [3.8, 4) is 0 Å². The van der Waals surface area contributed by atoms with Gasteiger partial charge in [0.1, 0.15) is 6.04 Å². The second kappa shape index (κ2) is 4.90. The third-order valence-electron chi connectivity index (χ3n) is 4.36. The van der Waals surface area contributed by atoms with Crippen LogP contribution in [0.4, 0.5) is 0 Å². The van der Waals surface area contributed by atoms with Gasteiger partial charge in [-0.15, -0.1) is 0 Å². The number of hydrogen-bond donors (Lipinski definition) is 1. The molecular weight excluding hydrogens is 228 g/mol. The fourth-order valence-electron chi connectivity index (χ4n) is 3.01. The normalized spacial score (nSPS) is 29.9. The largest absolute Gasteiger partial charge is 0.345 e. The van der Waals surface area contributed by atoms with Crippen LogP contribution >= 0.6 is 0 Å². The summed E-state index contributed by atoms with van der Waals surface area (Å²) >= 11 is 0. The lowest BCUT2D eigenvalue weighted by Gasteiger charge is -2.40. The third kappa shape index (κ3) is 2.85. The van der Waals surface area contributed by atoms with Gasteiger partial charge in [0.15, 0.2) is 0 Å². The Balaban J connectivity index is 2.03. The van der Waals surface area contributed by atoms with Gasteiger partial charge in [-0.2, -0.15) is 0 Å². The maximum atomic E-state index is 12.3. The minimum atomic E-state index is -0.366. The van der Waals surface area contributed by atoms with E-state index in [1.54, 1.807) is 6.92 Å². The molecule has 1 aliphatic carbocycles. The maximum Gasteiger partial charge on any atom is 0.245 e. The van der Waals surface area contributed by atoms with Crippen molar-refractivity contribution in [1.82, 2.24) is 10.2 Å². The van der Waals surface area contributed by atoms with Crippen LogP contribution in [0.2, 0.25) is 0 Å². The Hall–Kier alpha value is -1.06. The molecule has 4 nitrogen and oxygen atoms in total. The number of nitrogens with zero attached hydrogens (tertiary/aromatic N) is 1. The van der Waals surface area contributed by atoms with Crippen molar-refractivity contribution in [1.29, 1.82) is 0 Å². The van der Waals surface area contributed by atoms with Crippen molar-refractivity contribution in [2.45, 2.75) is 65.0 Å². The summed E-state index contributed by atoms with van der Waals surface area (Å²) in [5.74, 6) is 0.0834. The van der Waals surface area contributed by atoms with E-state index in [-0.39, 0.29) is 17.9 Å². The van der Waals surface area contributed by atoms with Gasteiger partial charge in [0.2, 0.25) is 11.8 Å². The van der Waals surface area contributed by atoms with Gasteiger partial charge < -0.3 is 10.2 Å². The van der Waals surface area contributed by atoms with E-state index in [0.717, 1.165) is 25.7 Å². The van der Waals surface area contributed by atoms with E-state index < -0.39 is 0 Å². The molecule has 18 heavy (non-hydrogen) atoms. The Morgan fingerprint density at radius 2 is 1.83 bits per heavy atom. The first-order valence-electron chi connectivity index (χ1n) is 6.99. The first-order valence-corrected chi connectivity index (χ1v) is 6.99. The highest BCUT2D eigenvalue weighted by Gasteiger charge is 2.35. The van der Waals surface area contributed by atoms with Crippen LogP contribution in [0, 0.1) is 5.41 Å². The molecule has 102 valence electrons. The lowest BCUT2D eigenvalue weighted by Crippen LogP contribution is -2.48. The standard InChI is InChI=1S/C14H24N2O2/c1-10-13(18)16(9-6-12(17)15-10)11-4-7-14(2,3)8-5-11/h10-11H,4-9H2,1-3H3,(H,15,17). The third-order valence-corrected chi connectivity index (χ3v) is 4.36. The van der Waals surface area contributed by atoms with Crippen molar-refractivity contribution < 1.29 is 9.59 Å². The molecule has 1 N–H and O–H groups in total. The van der Waals surface area contributed by atoms with Crippen LogP contribution in [-0.4, -0.2) is 35.3 Å². The van der Waals surface area contributed by atoms with Crippen LogP contribution in [0.3, 0.4) is 0 Å². The van der Waals surface area contributed by atoms with Gasteiger partial charge in [-0.3, -0.25) is 9.59 Å². The van der Waals surface area contributed by atoms with Crippen LogP contribution in [0.25, 0.3) is 0 Å². The molecule has 1 unspecified atom stereocenters. The highest BCUT2D eigenvalue weighted by Crippen LogP contribution is 2.37. The van der Waals surface area contributed by atoms with E-state index in [0.29, 0.717) is 24.4 Å². The minimum absolute atomic E-state index is 0.00510. The van der Waals surface area contributed by atoms with Crippen molar-refractivity contribution >= 4 is 11.8 Å². The minimum Gasteiger partial charge on any atom is -0.345 e. The lowest BCUT2D eigenvalue weighted by atomic mass is 9.75. The second-order valence-electron chi connectivity index (χ2n) is 6.47. The molecule has 2 aliphatic rings. The number of nitrogens with one attached hydrogen (secondary N) is 1. The fourth-order valence-corrected chi connectivity index (χ4v) is 3.01. The summed E-state index contributed by atoms with van der Waals surface area (Å²) < 4.78 is 0. The second-order valence-corrected chi connectivity index (χ2v) is 6.47. The van der Waals surface area contributed by atoms with Crippen LogP contribution in [0.15, 0.2) is 0 Å². The van der Waals surface area contributed by atoms with E-state index in [4.69, 9.17) is 0 Å². The average molecular weight is 252 g/mol. The predicted molar refractivity (Wildman–Crippen MR) is 70.0 cm³/mol. The first-order chi connectivity index (χ1) is 8.39. The van der Waals surface area contributed by atoms with Crippen molar-refractivity contribution in [3.63, 3.8) is 0 Å². The van der Waals surface area contributed by atoms with Crippen LogP contribution in [0.5, 0.6) is 0 Å².